The molecule has 0 fully saturated rings. The van der Waals surface area contributed by atoms with Gasteiger partial charge in [0.25, 0.3) is 0 Å². The Morgan fingerprint density at radius 2 is 1.39 bits per heavy atom. The molecule has 0 atom stereocenters. The van der Waals surface area contributed by atoms with Gasteiger partial charge in [-0.15, -0.1) is 0 Å². The number of pyridine rings is 1. The first-order valence-corrected chi connectivity index (χ1v) is 15.0. The molecule has 3 heteroatoms. The highest BCUT2D eigenvalue weighted by Gasteiger charge is 2.28. The summed E-state index contributed by atoms with van der Waals surface area (Å²) in [6.45, 7) is 0. The van der Waals surface area contributed by atoms with Crippen molar-refractivity contribution in [1.29, 1.82) is 0 Å². The Balaban J connectivity index is 1.49. The van der Waals surface area contributed by atoms with E-state index in [2.05, 4.69) is 132 Å². The first-order valence-electron chi connectivity index (χ1n) is 15.0. The van der Waals surface area contributed by atoms with Crippen LogP contribution in [0, 0.1) is 0 Å². The standard InChI is InChI=1S/C41H24N2O/c1-2-11-25(12-3-1)31-23-32-35(24-37-40(29-15-6-7-19-36(29)44-37)39(32)33-18-8-9-22-42-33)43-34-21-20-26-13-4-5-14-27(26)38(34)30-17-10-16-28(31)41(30)43/h1-24H. The normalized spacial score (nSPS) is 12.7. The van der Waals surface area contributed by atoms with E-state index in [0.717, 1.165) is 44.4 Å². The van der Waals surface area contributed by atoms with Crippen molar-refractivity contribution in [2.75, 3.05) is 0 Å². The summed E-state index contributed by atoms with van der Waals surface area (Å²) in [5.74, 6) is 0. The maximum absolute atomic E-state index is 6.61. The van der Waals surface area contributed by atoms with Gasteiger partial charge in [0, 0.05) is 50.5 Å². The van der Waals surface area contributed by atoms with Crippen molar-refractivity contribution >= 4 is 66.2 Å². The van der Waals surface area contributed by atoms with Crippen molar-refractivity contribution in [3.63, 3.8) is 0 Å². The van der Waals surface area contributed by atoms with Gasteiger partial charge in [0.1, 0.15) is 11.2 Å². The minimum atomic E-state index is 0.857. The first kappa shape index (κ1) is 23.6. The molecule has 4 heterocycles. The van der Waals surface area contributed by atoms with Crippen LogP contribution in [-0.4, -0.2) is 9.55 Å². The average Bonchev–Trinajstić information content (AvgIpc) is 3.58. The van der Waals surface area contributed by atoms with Crippen LogP contribution < -0.4 is 0 Å². The number of furan rings is 1. The van der Waals surface area contributed by atoms with Crippen molar-refractivity contribution in [3.05, 3.63) is 156 Å². The minimum absolute atomic E-state index is 0.857. The van der Waals surface area contributed by atoms with E-state index in [0.29, 0.717) is 0 Å². The molecule has 1 aliphatic rings. The number of nitrogens with zero attached hydrogens (tertiary/aromatic N) is 2. The lowest BCUT2D eigenvalue weighted by molar-refractivity contribution is 0.668. The highest BCUT2D eigenvalue weighted by atomic mass is 16.3. The summed E-state index contributed by atoms with van der Waals surface area (Å²) < 4.78 is 9.08. The molecule has 0 saturated heterocycles. The molecule has 0 saturated carbocycles. The third-order valence-corrected chi connectivity index (χ3v) is 9.19. The number of aromatic nitrogens is 2. The van der Waals surface area contributed by atoms with Gasteiger partial charge >= 0.3 is 0 Å². The quantitative estimate of drug-likeness (QED) is 0.211. The van der Waals surface area contributed by atoms with Gasteiger partial charge in [-0.05, 0) is 52.3 Å². The van der Waals surface area contributed by atoms with Crippen molar-refractivity contribution in [2.45, 2.75) is 0 Å². The van der Waals surface area contributed by atoms with Crippen LogP contribution in [0.5, 0.6) is 0 Å². The zero-order valence-electron chi connectivity index (χ0n) is 23.7. The Kier molecular flexibility index (Phi) is 4.72. The summed E-state index contributed by atoms with van der Waals surface area (Å²) >= 11 is 0. The predicted molar refractivity (Wildman–Crippen MR) is 182 cm³/mol. The molecular formula is C41H24N2O. The zero-order valence-corrected chi connectivity index (χ0v) is 23.7. The Bertz CT molecular complexity index is 2640. The maximum Gasteiger partial charge on any atom is 0.138 e. The fourth-order valence-corrected chi connectivity index (χ4v) is 7.38. The topological polar surface area (TPSA) is 31.0 Å². The zero-order chi connectivity index (χ0) is 28.8. The number of hydrogen-bond acceptors (Lipinski definition) is 2. The van der Waals surface area contributed by atoms with E-state index in [1.807, 2.05) is 18.3 Å². The smallest absolute Gasteiger partial charge is 0.138 e. The molecule has 6 aromatic carbocycles. The highest BCUT2D eigenvalue weighted by molar-refractivity contribution is 6.25. The monoisotopic (exact) mass is 560 g/mol. The van der Waals surface area contributed by atoms with Crippen LogP contribution in [0.15, 0.2) is 144 Å². The molecule has 10 rings (SSSR count). The van der Waals surface area contributed by atoms with Crippen LogP contribution in [-0.2, 0) is 0 Å². The van der Waals surface area contributed by atoms with Crippen molar-refractivity contribution in [2.24, 2.45) is 0 Å². The van der Waals surface area contributed by atoms with Crippen LogP contribution in [0.4, 0.5) is 0 Å². The maximum atomic E-state index is 6.61. The number of para-hydroxylation sites is 2. The Labute approximate surface area is 252 Å². The van der Waals surface area contributed by atoms with E-state index in [4.69, 9.17) is 9.40 Å². The van der Waals surface area contributed by atoms with Crippen molar-refractivity contribution in [3.8, 4) is 16.9 Å². The van der Waals surface area contributed by atoms with Gasteiger partial charge in [0.05, 0.1) is 22.4 Å². The molecule has 9 aromatic rings. The molecular weight excluding hydrogens is 536 g/mol. The van der Waals surface area contributed by atoms with Crippen LogP contribution in [0.25, 0.3) is 83.1 Å². The largest absolute Gasteiger partial charge is 0.456 e. The molecule has 0 spiro atoms. The average molecular weight is 561 g/mol. The molecule has 0 aliphatic carbocycles. The minimum Gasteiger partial charge on any atom is -0.456 e. The second kappa shape index (κ2) is 8.79. The van der Waals surface area contributed by atoms with Gasteiger partial charge < -0.3 is 8.98 Å². The third kappa shape index (κ3) is 3.13. The SMILES string of the molecule is C1=C(c2ccccc2)c2cccc3c4c5ccccc5ccc4n(c23)-c2cc3oc4ccccc4c3c(-c3ccccn3)c21. The molecule has 0 amide bonds. The van der Waals surface area contributed by atoms with Crippen molar-refractivity contribution < 1.29 is 4.42 Å². The van der Waals surface area contributed by atoms with Gasteiger partial charge in [-0.2, -0.15) is 0 Å². The summed E-state index contributed by atoms with van der Waals surface area (Å²) in [6.07, 6.45) is 4.26. The number of benzene rings is 6. The second-order valence-electron chi connectivity index (χ2n) is 11.5. The van der Waals surface area contributed by atoms with E-state index < -0.39 is 0 Å². The van der Waals surface area contributed by atoms with Gasteiger partial charge in [0.15, 0.2) is 0 Å². The molecule has 1 aliphatic heterocycles. The van der Waals surface area contributed by atoms with E-state index in [1.165, 1.54) is 49.3 Å². The van der Waals surface area contributed by atoms with Gasteiger partial charge in [0.2, 0.25) is 0 Å². The fourth-order valence-electron chi connectivity index (χ4n) is 7.38. The first-order chi connectivity index (χ1) is 21.8. The van der Waals surface area contributed by atoms with E-state index in [-0.39, 0.29) is 0 Å². The van der Waals surface area contributed by atoms with E-state index >= 15 is 0 Å². The Morgan fingerprint density at radius 1 is 0.591 bits per heavy atom. The molecule has 204 valence electrons. The predicted octanol–water partition coefficient (Wildman–Crippen LogP) is 10.8. The summed E-state index contributed by atoms with van der Waals surface area (Å²) in [5.41, 5.74) is 11.9. The van der Waals surface area contributed by atoms with Crippen molar-refractivity contribution in [1.82, 2.24) is 9.55 Å². The molecule has 3 aromatic heterocycles. The lowest BCUT2D eigenvalue weighted by Crippen LogP contribution is -1.99. The van der Waals surface area contributed by atoms with Gasteiger partial charge in [-0.3, -0.25) is 4.98 Å². The Morgan fingerprint density at radius 3 is 2.27 bits per heavy atom. The third-order valence-electron chi connectivity index (χ3n) is 9.19. The van der Waals surface area contributed by atoms with Crippen LogP contribution in [0.3, 0.4) is 0 Å². The fraction of sp³-hybridized carbons (Fsp3) is 0. The Hall–Kier alpha value is -5.93. The molecule has 0 bridgehead atoms. The van der Waals surface area contributed by atoms with Crippen LogP contribution in [0.1, 0.15) is 16.7 Å². The summed E-state index contributed by atoms with van der Waals surface area (Å²) in [4.78, 5) is 4.93. The lowest BCUT2D eigenvalue weighted by atomic mass is 9.90. The van der Waals surface area contributed by atoms with E-state index in [9.17, 15) is 0 Å². The number of fused-ring (bicyclic) bond motifs is 10. The van der Waals surface area contributed by atoms with Gasteiger partial charge in [-0.25, -0.2) is 0 Å². The second-order valence-corrected chi connectivity index (χ2v) is 11.5. The summed E-state index contributed by atoms with van der Waals surface area (Å²) in [5, 5.41) is 7.19. The summed E-state index contributed by atoms with van der Waals surface area (Å²) in [7, 11) is 0. The number of hydrogen-bond donors (Lipinski definition) is 0. The van der Waals surface area contributed by atoms with E-state index in [1.54, 1.807) is 0 Å². The van der Waals surface area contributed by atoms with Gasteiger partial charge in [-0.1, -0.05) is 103 Å². The highest BCUT2D eigenvalue weighted by Crippen LogP contribution is 2.49. The number of rotatable bonds is 2. The lowest BCUT2D eigenvalue weighted by Gasteiger charge is -2.16. The molecule has 3 nitrogen and oxygen atoms in total. The molecule has 0 radical (unpaired) electrons. The summed E-state index contributed by atoms with van der Waals surface area (Å²) in [6, 6.07) is 47.5. The molecule has 0 unspecified atom stereocenters. The van der Waals surface area contributed by atoms with Crippen LogP contribution in [0.2, 0.25) is 0 Å². The molecule has 44 heavy (non-hydrogen) atoms. The molecule has 0 N–H and O–H groups in total. The van der Waals surface area contributed by atoms with Crippen LogP contribution >= 0.6 is 0 Å².